The molecule has 1 atom stereocenters. The molecule has 1 unspecified atom stereocenters. The number of Topliss-reactive ketones (excluding diaryl/α,β-unsaturated/α-hetero) is 1. The molecule has 2 saturated carbocycles. The monoisotopic (exact) mass is 456 g/mol. The Morgan fingerprint density at radius 3 is 2.24 bits per heavy atom. The minimum Gasteiger partial charge on any atom is -0.382 e. The highest BCUT2D eigenvalue weighted by atomic mass is 16.5. The molecule has 2 aliphatic carbocycles. The van der Waals surface area contributed by atoms with Crippen molar-refractivity contribution in [3.05, 3.63) is 29.8 Å². The van der Waals surface area contributed by atoms with Crippen molar-refractivity contribution in [2.45, 2.75) is 63.8 Å². The Hall–Kier alpha value is -2.45. The molecule has 1 aromatic rings. The summed E-state index contributed by atoms with van der Waals surface area (Å²) in [5.74, 6) is -0.577. The Morgan fingerprint density at radius 1 is 0.970 bits per heavy atom. The number of hydrogen-bond acceptors (Lipinski definition) is 6. The van der Waals surface area contributed by atoms with Crippen LogP contribution in [0.5, 0.6) is 0 Å². The van der Waals surface area contributed by atoms with Crippen LogP contribution in [-0.4, -0.2) is 49.0 Å². The van der Waals surface area contributed by atoms with Crippen LogP contribution in [0.15, 0.2) is 24.3 Å². The second-order valence-electron chi connectivity index (χ2n) is 10.2. The van der Waals surface area contributed by atoms with Crippen LogP contribution in [0.2, 0.25) is 0 Å². The van der Waals surface area contributed by atoms with Crippen molar-refractivity contribution in [3.63, 3.8) is 0 Å². The van der Waals surface area contributed by atoms with Crippen LogP contribution >= 0.6 is 0 Å². The molecule has 0 aromatic heterocycles. The molecule has 0 bridgehead atoms. The van der Waals surface area contributed by atoms with Gasteiger partial charge in [0, 0.05) is 30.3 Å². The Labute approximate surface area is 195 Å². The van der Waals surface area contributed by atoms with Crippen molar-refractivity contribution in [3.8, 4) is 0 Å². The predicted molar refractivity (Wildman–Crippen MR) is 125 cm³/mol. The number of piperidine rings is 1. The van der Waals surface area contributed by atoms with Crippen LogP contribution in [0.1, 0.15) is 68.1 Å². The SMILES string of the molecule is CNC(=O)C1CCC(Nc2ccc(C(=O)C3(C(=O)NO)CCC4(CCNCC4)C3)cc2)CC1. The number of benzene rings is 1. The molecule has 8 nitrogen and oxygen atoms in total. The highest BCUT2D eigenvalue weighted by Gasteiger charge is 2.56. The Kier molecular flexibility index (Phi) is 7.05. The lowest BCUT2D eigenvalue weighted by Crippen LogP contribution is -2.45. The van der Waals surface area contributed by atoms with Crippen molar-refractivity contribution in [2.24, 2.45) is 16.7 Å². The summed E-state index contributed by atoms with van der Waals surface area (Å²) in [7, 11) is 1.68. The van der Waals surface area contributed by atoms with Crippen molar-refractivity contribution >= 4 is 23.3 Å². The summed E-state index contributed by atoms with van der Waals surface area (Å²) < 4.78 is 0. The predicted octanol–water partition coefficient (Wildman–Crippen LogP) is 2.63. The van der Waals surface area contributed by atoms with E-state index in [0.29, 0.717) is 24.4 Å². The third-order valence-corrected chi connectivity index (χ3v) is 8.26. The standard InChI is InChI=1S/C25H36N4O4/c1-26-22(31)18-4-8-20(9-5-18)28-19-6-2-17(3-7-19)21(30)25(23(32)29-33)11-10-24(16-25)12-14-27-15-13-24/h2-3,6-7,18,20,27-28,33H,4-5,8-16H2,1H3,(H,26,31)(H,29,32). The first-order valence-corrected chi connectivity index (χ1v) is 12.2. The summed E-state index contributed by atoms with van der Waals surface area (Å²) in [6.07, 6.45) is 7.26. The molecule has 3 aliphatic rings. The number of carbonyl (C=O) groups is 3. The van der Waals surface area contributed by atoms with E-state index in [-0.39, 0.29) is 23.0 Å². The number of amides is 2. The molecule has 1 heterocycles. The summed E-state index contributed by atoms with van der Waals surface area (Å²) in [5.41, 5.74) is 1.99. The molecule has 1 aliphatic heterocycles. The van der Waals surface area contributed by atoms with Crippen LogP contribution in [0, 0.1) is 16.7 Å². The number of hydrogen-bond donors (Lipinski definition) is 5. The van der Waals surface area contributed by atoms with E-state index >= 15 is 0 Å². The average molecular weight is 457 g/mol. The molecule has 2 amide bonds. The lowest BCUT2D eigenvalue weighted by atomic mass is 9.71. The molecule has 4 rings (SSSR count). The van der Waals surface area contributed by atoms with Crippen LogP contribution < -0.4 is 21.4 Å². The molecule has 1 saturated heterocycles. The average Bonchev–Trinajstić information content (AvgIpc) is 3.23. The highest BCUT2D eigenvalue weighted by Crippen LogP contribution is 2.55. The first-order valence-electron chi connectivity index (χ1n) is 12.2. The smallest absolute Gasteiger partial charge is 0.257 e. The van der Waals surface area contributed by atoms with Crippen molar-refractivity contribution in [1.29, 1.82) is 0 Å². The van der Waals surface area contributed by atoms with Gasteiger partial charge in [-0.2, -0.15) is 0 Å². The van der Waals surface area contributed by atoms with Crippen LogP contribution in [-0.2, 0) is 9.59 Å². The fourth-order valence-electron chi connectivity index (χ4n) is 6.21. The Bertz CT molecular complexity index is 873. The lowest BCUT2D eigenvalue weighted by Gasteiger charge is -2.35. The van der Waals surface area contributed by atoms with Gasteiger partial charge in [0.05, 0.1) is 0 Å². The second kappa shape index (κ2) is 9.81. The van der Waals surface area contributed by atoms with Crippen LogP contribution in [0.25, 0.3) is 0 Å². The number of rotatable bonds is 6. The molecule has 33 heavy (non-hydrogen) atoms. The maximum absolute atomic E-state index is 13.6. The van der Waals surface area contributed by atoms with Gasteiger partial charge in [0.1, 0.15) is 5.41 Å². The van der Waals surface area contributed by atoms with Crippen molar-refractivity contribution in [1.82, 2.24) is 16.1 Å². The first-order chi connectivity index (χ1) is 15.9. The van der Waals surface area contributed by atoms with Gasteiger partial charge in [0.15, 0.2) is 5.78 Å². The molecular weight excluding hydrogens is 420 g/mol. The second-order valence-corrected chi connectivity index (χ2v) is 10.2. The third-order valence-electron chi connectivity index (χ3n) is 8.26. The maximum atomic E-state index is 13.6. The van der Waals surface area contributed by atoms with Gasteiger partial charge in [-0.15, -0.1) is 0 Å². The third kappa shape index (κ3) is 4.77. The van der Waals surface area contributed by atoms with E-state index in [1.54, 1.807) is 24.7 Å². The number of anilines is 1. The number of hydroxylamine groups is 1. The molecule has 1 aromatic carbocycles. The molecule has 5 N–H and O–H groups in total. The van der Waals surface area contributed by atoms with Gasteiger partial charge in [-0.25, -0.2) is 5.48 Å². The minimum atomic E-state index is -1.21. The van der Waals surface area contributed by atoms with E-state index in [1.165, 1.54) is 0 Å². The highest BCUT2D eigenvalue weighted by molar-refractivity contribution is 6.14. The maximum Gasteiger partial charge on any atom is 0.257 e. The van der Waals surface area contributed by atoms with Gasteiger partial charge in [0.25, 0.3) is 5.91 Å². The largest absolute Gasteiger partial charge is 0.382 e. The number of nitrogens with one attached hydrogen (secondary N) is 4. The lowest BCUT2D eigenvalue weighted by molar-refractivity contribution is -0.137. The van der Waals surface area contributed by atoms with Crippen molar-refractivity contribution in [2.75, 3.05) is 25.5 Å². The Balaban J connectivity index is 1.42. The summed E-state index contributed by atoms with van der Waals surface area (Å²) in [6.45, 7) is 1.80. The topological polar surface area (TPSA) is 120 Å². The van der Waals surface area contributed by atoms with E-state index in [2.05, 4.69) is 16.0 Å². The molecular formula is C25H36N4O4. The minimum absolute atomic E-state index is 0.0115. The molecule has 0 radical (unpaired) electrons. The summed E-state index contributed by atoms with van der Waals surface area (Å²) in [4.78, 5) is 38.2. The molecule has 1 spiro atoms. The summed E-state index contributed by atoms with van der Waals surface area (Å²) >= 11 is 0. The van der Waals surface area contributed by atoms with Gasteiger partial charge >= 0.3 is 0 Å². The number of carbonyl (C=O) groups excluding carboxylic acids is 3. The molecule has 3 fully saturated rings. The van der Waals surface area contributed by atoms with Gasteiger partial charge < -0.3 is 16.0 Å². The number of ketones is 1. The van der Waals surface area contributed by atoms with E-state index in [4.69, 9.17) is 0 Å². The normalized spacial score (nSPS) is 28.8. The molecule has 8 heteroatoms. The van der Waals surface area contributed by atoms with E-state index < -0.39 is 11.3 Å². The zero-order valence-corrected chi connectivity index (χ0v) is 19.4. The zero-order chi connectivity index (χ0) is 23.5. The molecule has 180 valence electrons. The summed E-state index contributed by atoms with van der Waals surface area (Å²) in [6, 6.07) is 7.63. The van der Waals surface area contributed by atoms with Crippen LogP contribution in [0.3, 0.4) is 0 Å². The quantitative estimate of drug-likeness (QED) is 0.194. The van der Waals surface area contributed by atoms with Gasteiger partial charge in [-0.1, -0.05) is 0 Å². The van der Waals surface area contributed by atoms with E-state index in [1.807, 2.05) is 12.1 Å². The summed E-state index contributed by atoms with van der Waals surface area (Å²) in [5, 5.41) is 19.0. The van der Waals surface area contributed by atoms with Crippen molar-refractivity contribution < 1.29 is 19.6 Å². The van der Waals surface area contributed by atoms with E-state index in [0.717, 1.165) is 63.7 Å². The fourth-order valence-corrected chi connectivity index (χ4v) is 6.21. The van der Waals surface area contributed by atoms with Gasteiger partial charge in [-0.3, -0.25) is 19.6 Å². The first kappa shape index (κ1) is 23.7. The van der Waals surface area contributed by atoms with Crippen LogP contribution in [0.4, 0.5) is 5.69 Å². The van der Waals surface area contributed by atoms with Gasteiger partial charge in [-0.05, 0) is 101 Å². The zero-order valence-electron chi connectivity index (χ0n) is 19.4. The van der Waals surface area contributed by atoms with E-state index in [9.17, 15) is 19.6 Å². The van der Waals surface area contributed by atoms with Gasteiger partial charge in [0.2, 0.25) is 5.91 Å². The Morgan fingerprint density at radius 2 is 1.64 bits per heavy atom. The fraction of sp³-hybridized carbons (Fsp3) is 0.640.